The fourth-order valence-electron chi connectivity index (χ4n) is 3.00. The Morgan fingerprint density at radius 3 is 2.54 bits per heavy atom. The molecule has 132 valence electrons. The largest absolute Gasteiger partial charge is 0.342 e. The van der Waals surface area contributed by atoms with Gasteiger partial charge in [0.25, 0.3) is 5.91 Å². The van der Waals surface area contributed by atoms with Gasteiger partial charge in [0.15, 0.2) is 0 Å². The Morgan fingerprint density at radius 2 is 1.88 bits per heavy atom. The van der Waals surface area contributed by atoms with Crippen LogP contribution in [0.3, 0.4) is 0 Å². The van der Waals surface area contributed by atoms with Crippen LogP contribution in [0.2, 0.25) is 0 Å². The van der Waals surface area contributed by atoms with Crippen molar-refractivity contribution in [3.63, 3.8) is 0 Å². The van der Waals surface area contributed by atoms with Gasteiger partial charge < -0.3 is 9.80 Å². The molecule has 0 saturated carbocycles. The molecular formula is C18H26IN3O2. The Labute approximate surface area is 158 Å². The van der Waals surface area contributed by atoms with Gasteiger partial charge in [-0.1, -0.05) is 6.07 Å². The lowest BCUT2D eigenvalue weighted by molar-refractivity contribution is -0.132. The van der Waals surface area contributed by atoms with Crippen molar-refractivity contribution in [2.75, 3.05) is 45.8 Å². The molecule has 1 aromatic carbocycles. The molecule has 1 aromatic rings. The van der Waals surface area contributed by atoms with E-state index in [4.69, 9.17) is 0 Å². The molecule has 0 bridgehead atoms. The second kappa shape index (κ2) is 9.36. The highest BCUT2D eigenvalue weighted by Crippen LogP contribution is 2.12. The third-order valence-electron chi connectivity index (χ3n) is 4.42. The molecule has 0 unspecified atom stereocenters. The minimum Gasteiger partial charge on any atom is -0.342 e. The summed E-state index contributed by atoms with van der Waals surface area (Å²) in [5, 5.41) is 0. The quantitative estimate of drug-likeness (QED) is 0.657. The summed E-state index contributed by atoms with van der Waals surface area (Å²) in [5.74, 6) is 0.267. The van der Waals surface area contributed by atoms with Gasteiger partial charge in [0, 0.05) is 48.4 Å². The van der Waals surface area contributed by atoms with Crippen molar-refractivity contribution in [1.29, 1.82) is 0 Å². The number of amides is 2. The predicted molar refractivity (Wildman–Crippen MR) is 104 cm³/mol. The molecule has 0 N–H and O–H groups in total. The van der Waals surface area contributed by atoms with E-state index in [-0.39, 0.29) is 11.8 Å². The van der Waals surface area contributed by atoms with Crippen LogP contribution in [0.4, 0.5) is 0 Å². The number of rotatable bonds is 5. The van der Waals surface area contributed by atoms with Gasteiger partial charge in [-0.05, 0) is 61.1 Å². The van der Waals surface area contributed by atoms with E-state index in [9.17, 15) is 9.59 Å². The van der Waals surface area contributed by atoms with E-state index in [0.717, 1.165) is 48.3 Å². The predicted octanol–water partition coefficient (Wildman–Crippen LogP) is 2.31. The van der Waals surface area contributed by atoms with E-state index in [1.54, 1.807) is 0 Å². The van der Waals surface area contributed by atoms with Gasteiger partial charge in [0.2, 0.25) is 5.91 Å². The maximum absolute atomic E-state index is 12.7. The van der Waals surface area contributed by atoms with Crippen LogP contribution in [0.5, 0.6) is 0 Å². The van der Waals surface area contributed by atoms with Gasteiger partial charge in [-0.25, -0.2) is 0 Å². The lowest BCUT2D eigenvalue weighted by atomic mass is 10.2. The molecule has 1 fully saturated rings. The van der Waals surface area contributed by atoms with Crippen LogP contribution in [-0.4, -0.2) is 72.3 Å². The van der Waals surface area contributed by atoms with Crippen LogP contribution < -0.4 is 0 Å². The fraction of sp³-hybridized carbons (Fsp3) is 0.556. The van der Waals surface area contributed by atoms with Crippen LogP contribution in [0.25, 0.3) is 0 Å². The second-order valence-corrected chi connectivity index (χ2v) is 7.24. The Kier molecular flexibility index (Phi) is 7.48. The molecule has 1 aliphatic rings. The summed E-state index contributed by atoms with van der Waals surface area (Å²) in [6.07, 6.45) is 0.904. The molecule has 5 nitrogen and oxygen atoms in total. The molecule has 6 heteroatoms. The zero-order valence-corrected chi connectivity index (χ0v) is 16.7. The standard InChI is InChI=1S/C18H26IN3O2/c1-3-21(4-2)17(23)14-20-9-6-10-22(12-11-20)18(24)15-7-5-8-16(19)13-15/h5,7-8,13H,3-4,6,9-12,14H2,1-2H3. The van der Waals surface area contributed by atoms with Gasteiger partial charge >= 0.3 is 0 Å². The molecule has 0 spiro atoms. The summed E-state index contributed by atoms with van der Waals surface area (Å²) in [7, 11) is 0. The number of carbonyl (C=O) groups excluding carboxylic acids is 2. The molecule has 2 rings (SSSR count). The van der Waals surface area contributed by atoms with E-state index in [0.29, 0.717) is 13.1 Å². The van der Waals surface area contributed by atoms with E-state index in [1.807, 2.05) is 47.9 Å². The summed E-state index contributed by atoms with van der Waals surface area (Å²) in [6, 6.07) is 7.70. The van der Waals surface area contributed by atoms with Crippen molar-refractivity contribution >= 4 is 34.4 Å². The molecule has 0 radical (unpaired) electrons. The number of hydrogen-bond donors (Lipinski definition) is 0. The van der Waals surface area contributed by atoms with E-state index >= 15 is 0 Å². The third-order valence-corrected chi connectivity index (χ3v) is 5.09. The van der Waals surface area contributed by atoms with Gasteiger partial charge in [0.05, 0.1) is 6.54 Å². The average molecular weight is 443 g/mol. The molecule has 2 amide bonds. The molecule has 0 aliphatic carbocycles. The van der Waals surface area contributed by atoms with Crippen molar-refractivity contribution in [2.24, 2.45) is 0 Å². The van der Waals surface area contributed by atoms with Crippen LogP contribution >= 0.6 is 22.6 Å². The van der Waals surface area contributed by atoms with Crippen LogP contribution in [0, 0.1) is 3.57 Å². The summed E-state index contributed by atoms with van der Waals surface area (Å²) < 4.78 is 1.07. The van der Waals surface area contributed by atoms with Crippen molar-refractivity contribution in [1.82, 2.24) is 14.7 Å². The molecule has 1 saturated heterocycles. The summed E-state index contributed by atoms with van der Waals surface area (Å²) in [4.78, 5) is 30.9. The number of hydrogen-bond acceptors (Lipinski definition) is 3. The Balaban J connectivity index is 1.92. The van der Waals surface area contributed by atoms with E-state index in [2.05, 4.69) is 27.5 Å². The van der Waals surface area contributed by atoms with Crippen LogP contribution in [-0.2, 0) is 4.79 Å². The van der Waals surface area contributed by atoms with Crippen LogP contribution in [0.1, 0.15) is 30.6 Å². The lowest BCUT2D eigenvalue weighted by Gasteiger charge is -2.25. The topological polar surface area (TPSA) is 43.9 Å². The van der Waals surface area contributed by atoms with Gasteiger partial charge in [0.1, 0.15) is 0 Å². The maximum atomic E-state index is 12.7. The van der Waals surface area contributed by atoms with E-state index in [1.165, 1.54) is 0 Å². The van der Waals surface area contributed by atoms with Crippen molar-refractivity contribution < 1.29 is 9.59 Å². The molecule has 24 heavy (non-hydrogen) atoms. The SMILES string of the molecule is CCN(CC)C(=O)CN1CCCN(C(=O)c2cccc(I)c2)CC1. The summed E-state index contributed by atoms with van der Waals surface area (Å²) in [6.45, 7) is 9.01. The normalized spacial score (nSPS) is 15.9. The highest BCUT2D eigenvalue weighted by Gasteiger charge is 2.22. The highest BCUT2D eigenvalue weighted by molar-refractivity contribution is 14.1. The van der Waals surface area contributed by atoms with Gasteiger partial charge in [-0.3, -0.25) is 14.5 Å². The zero-order valence-electron chi connectivity index (χ0n) is 14.5. The Morgan fingerprint density at radius 1 is 1.12 bits per heavy atom. The van der Waals surface area contributed by atoms with Crippen molar-refractivity contribution in [2.45, 2.75) is 20.3 Å². The molecule has 1 aliphatic heterocycles. The number of halogens is 1. The first-order valence-corrected chi connectivity index (χ1v) is 9.68. The van der Waals surface area contributed by atoms with Crippen molar-refractivity contribution in [3.8, 4) is 0 Å². The maximum Gasteiger partial charge on any atom is 0.253 e. The molecular weight excluding hydrogens is 417 g/mol. The third kappa shape index (κ3) is 5.17. The molecule has 0 aromatic heterocycles. The van der Waals surface area contributed by atoms with E-state index < -0.39 is 0 Å². The first-order chi connectivity index (χ1) is 11.5. The average Bonchev–Trinajstić information content (AvgIpc) is 2.81. The van der Waals surface area contributed by atoms with Crippen molar-refractivity contribution in [3.05, 3.63) is 33.4 Å². The molecule has 1 heterocycles. The number of benzene rings is 1. The number of likely N-dealkylation sites (N-methyl/N-ethyl adjacent to an activating group) is 1. The zero-order chi connectivity index (χ0) is 17.5. The van der Waals surface area contributed by atoms with Crippen LogP contribution in [0.15, 0.2) is 24.3 Å². The number of carbonyl (C=O) groups is 2. The monoisotopic (exact) mass is 443 g/mol. The summed E-state index contributed by atoms with van der Waals surface area (Å²) >= 11 is 2.23. The number of nitrogens with zero attached hydrogens (tertiary/aromatic N) is 3. The van der Waals surface area contributed by atoms with Gasteiger partial charge in [-0.15, -0.1) is 0 Å². The minimum atomic E-state index is 0.0884. The highest BCUT2D eigenvalue weighted by atomic mass is 127. The fourth-order valence-corrected chi connectivity index (χ4v) is 3.55. The smallest absolute Gasteiger partial charge is 0.253 e. The minimum absolute atomic E-state index is 0.0884. The Bertz CT molecular complexity index is 575. The second-order valence-electron chi connectivity index (χ2n) is 6.00. The molecule has 0 atom stereocenters. The lowest BCUT2D eigenvalue weighted by Crippen LogP contribution is -2.42. The Hall–Kier alpha value is -1.15. The van der Waals surface area contributed by atoms with Gasteiger partial charge in [-0.2, -0.15) is 0 Å². The first kappa shape index (κ1) is 19.2. The summed E-state index contributed by atoms with van der Waals surface area (Å²) in [5.41, 5.74) is 0.745. The first-order valence-electron chi connectivity index (χ1n) is 8.60.